The normalized spacial score (nSPS) is 15.7. The minimum absolute atomic E-state index is 0.0885. The number of halogens is 1. The molecule has 6 rings (SSSR count). The number of rotatable bonds is 14. The molecule has 2 aliphatic heterocycles. The number of pyridine rings is 1. The van der Waals surface area contributed by atoms with E-state index in [1.165, 1.54) is 5.56 Å². The minimum Gasteiger partial charge on any atom is -0.381 e. The van der Waals surface area contributed by atoms with Crippen molar-refractivity contribution in [3.8, 4) is 11.1 Å². The number of carbonyl (C=O) groups is 2. The zero-order valence-electron chi connectivity index (χ0n) is 29.2. The molecule has 2 aromatic heterocycles. The summed E-state index contributed by atoms with van der Waals surface area (Å²) in [5.41, 5.74) is 7.90. The second-order valence-electron chi connectivity index (χ2n) is 13.1. The van der Waals surface area contributed by atoms with Crippen molar-refractivity contribution >= 4 is 40.1 Å². The molecule has 4 N–H and O–H groups in total. The predicted molar refractivity (Wildman–Crippen MR) is 198 cm³/mol. The molecule has 2 saturated heterocycles. The number of carbonyl (C=O) groups excluding carboxylic acids is 2. The summed E-state index contributed by atoms with van der Waals surface area (Å²) >= 11 is 6.64. The van der Waals surface area contributed by atoms with Gasteiger partial charge in [-0.3, -0.25) is 14.5 Å². The van der Waals surface area contributed by atoms with Gasteiger partial charge in [-0.1, -0.05) is 42.8 Å². The smallest absolute Gasteiger partial charge is 0.220 e. The number of piperazine rings is 1. The van der Waals surface area contributed by atoms with Crippen LogP contribution in [0.15, 0.2) is 48.7 Å². The number of hydrogen-bond acceptors (Lipinski definition) is 8. The largest absolute Gasteiger partial charge is 0.381 e. The quantitative estimate of drug-likeness (QED) is 0.144. The average Bonchev–Trinajstić information content (AvgIpc) is 3.57. The van der Waals surface area contributed by atoms with Gasteiger partial charge in [-0.25, -0.2) is 9.67 Å². The summed E-state index contributed by atoms with van der Waals surface area (Å²) in [4.78, 5) is 33.3. The van der Waals surface area contributed by atoms with Crippen LogP contribution in [0.1, 0.15) is 61.9 Å². The van der Waals surface area contributed by atoms with Gasteiger partial charge in [0.2, 0.25) is 11.8 Å². The second kappa shape index (κ2) is 17.3. The summed E-state index contributed by atoms with van der Waals surface area (Å²) < 4.78 is 7.48. The van der Waals surface area contributed by atoms with Gasteiger partial charge in [0.1, 0.15) is 0 Å². The van der Waals surface area contributed by atoms with Crippen LogP contribution in [0.25, 0.3) is 22.2 Å². The maximum atomic E-state index is 13.0. The fraction of sp³-hybridized carbons (Fsp3) is 0.474. The summed E-state index contributed by atoms with van der Waals surface area (Å²) in [5.74, 6) is -0.362. The number of amides is 2. The molecule has 4 heterocycles. The summed E-state index contributed by atoms with van der Waals surface area (Å²) in [6, 6.07) is 14.6. The lowest BCUT2D eigenvalue weighted by Gasteiger charge is -2.27. The van der Waals surface area contributed by atoms with Gasteiger partial charge in [-0.15, -0.1) is 0 Å². The van der Waals surface area contributed by atoms with E-state index in [9.17, 15) is 9.59 Å². The number of aromatic nitrogens is 3. The van der Waals surface area contributed by atoms with Crippen LogP contribution in [0, 0.1) is 0 Å². The molecule has 0 saturated carbocycles. The molecule has 2 aromatic carbocycles. The second-order valence-corrected chi connectivity index (χ2v) is 13.5. The molecular formula is C38H49ClN8O3. The van der Waals surface area contributed by atoms with E-state index < -0.39 is 0 Å². The lowest BCUT2D eigenvalue weighted by molar-refractivity contribution is -0.126. The van der Waals surface area contributed by atoms with Crippen LogP contribution >= 0.6 is 11.6 Å². The lowest BCUT2D eigenvalue weighted by atomic mass is 10.0. The molecule has 2 fully saturated rings. The van der Waals surface area contributed by atoms with Crippen LogP contribution in [0.5, 0.6) is 0 Å². The van der Waals surface area contributed by atoms with Crippen molar-refractivity contribution in [1.29, 1.82) is 0 Å². The molecule has 12 heteroatoms. The Bertz CT molecular complexity index is 1780. The predicted octanol–water partition coefficient (Wildman–Crippen LogP) is 5.04. The van der Waals surface area contributed by atoms with Crippen LogP contribution in [-0.4, -0.2) is 76.9 Å². The topological polar surface area (TPSA) is 125 Å². The molecule has 2 amide bonds. The Morgan fingerprint density at radius 3 is 2.48 bits per heavy atom. The van der Waals surface area contributed by atoms with Gasteiger partial charge >= 0.3 is 0 Å². The first-order valence-corrected chi connectivity index (χ1v) is 18.3. The number of benzene rings is 2. The summed E-state index contributed by atoms with van der Waals surface area (Å²) in [7, 11) is 0. The van der Waals surface area contributed by atoms with Crippen molar-refractivity contribution in [3.63, 3.8) is 0 Å². The van der Waals surface area contributed by atoms with Crippen LogP contribution in [0.2, 0.25) is 5.02 Å². The third-order valence-electron chi connectivity index (χ3n) is 9.59. The highest BCUT2D eigenvalue weighted by Crippen LogP contribution is 2.32. The molecule has 2 aliphatic rings. The molecule has 50 heavy (non-hydrogen) atoms. The van der Waals surface area contributed by atoms with E-state index in [4.69, 9.17) is 21.3 Å². The zero-order chi connectivity index (χ0) is 34.9. The number of fused-ring (bicyclic) bond motifs is 1. The van der Waals surface area contributed by atoms with Crippen LogP contribution in [-0.2, 0) is 46.9 Å². The van der Waals surface area contributed by atoms with E-state index in [1.807, 2.05) is 29.1 Å². The lowest BCUT2D eigenvalue weighted by Crippen LogP contribution is -2.42. The van der Waals surface area contributed by atoms with E-state index in [0.29, 0.717) is 18.1 Å². The van der Waals surface area contributed by atoms with Gasteiger partial charge in [0.25, 0.3) is 0 Å². The van der Waals surface area contributed by atoms with Crippen molar-refractivity contribution in [3.05, 3.63) is 76.1 Å². The number of ether oxygens (including phenoxy) is 1. The number of anilines is 1. The average molecular weight is 701 g/mol. The molecule has 0 spiro atoms. The molecule has 0 atom stereocenters. The Kier molecular flexibility index (Phi) is 12.4. The van der Waals surface area contributed by atoms with Gasteiger partial charge in [0.05, 0.1) is 17.3 Å². The molecule has 0 unspecified atom stereocenters. The van der Waals surface area contributed by atoms with Crippen LogP contribution < -0.4 is 21.3 Å². The van der Waals surface area contributed by atoms with Crippen molar-refractivity contribution in [2.24, 2.45) is 0 Å². The maximum Gasteiger partial charge on any atom is 0.220 e. The monoisotopic (exact) mass is 700 g/mol. The minimum atomic E-state index is -0.182. The first kappa shape index (κ1) is 35.8. The van der Waals surface area contributed by atoms with Gasteiger partial charge in [0.15, 0.2) is 5.65 Å². The van der Waals surface area contributed by atoms with E-state index in [-0.39, 0.29) is 30.7 Å². The highest BCUT2D eigenvalue weighted by molar-refractivity contribution is 6.33. The van der Waals surface area contributed by atoms with Crippen LogP contribution in [0.4, 0.5) is 5.69 Å². The van der Waals surface area contributed by atoms with Gasteiger partial charge < -0.3 is 26.0 Å². The van der Waals surface area contributed by atoms with Gasteiger partial charge in [-0.05, 0) is 61.1 Å². The van der Waals surface area contributed by atoms with Gasteiger partial charge in [0, 0.05) is 106 Å². The number of nitrogens with one attached hydrogen (secondary N) is 4. The Balaban J connectivity index is 1.04. The first-order chi connectivity index (χ1) is 24.4. The van der Waals surface area contributed by atoms with E-state index in [0.717, 1.165) is 116 Å². The number of hydrogen-bond donors (Lipinski definition) is 4. The SMILES string of the molecule is CCc1nc2c(cnn2CC)c(NC2CCOCC2)c1CNC(=O)CCC(=O)NCc1ccc(Cl)c(-c2cccc(CN3CCNCC3)c2)c1. The molecule has 266 valence electrons. The Hall–Kier alpha value is -4.03. The molecule has 11 nitrogen and oxygen atoms in total. The fourth-order valence-electron chi connectivity index (χ4n) is 6.76. The van der Waals surface area contributed by atoms with E-state index in [2.05, 4.69) is 69.4 Å². The first-order valence-electron chi connectivity index (χ1n) is 18.0. The van der Waals surface area contributed by atoms with Crippen molar-refractivity contribution < 1.29 is 14.3 Å². The molecule has 0 aliphatic carbocycles. The fourth-order valence-corrected chi connectivity index (χ4v) is 6.99. The van der Waals surface area contributed by atoms with Gasteiger partial charge in [-0.2, -0.15) is 5.10 Å². The highest BCUT2D eigenvalue weighted by atomic mass is 35.5. The Morgan fingerprint density at radius 1 is 0.980 bits per heavy atom. The van der Waals surface area contributed by atoms with Crippen molar-refractivity contribution in [2.45, 2.75) is 78.2 Å². The maximum absolute atomic E-state index is 13.0. The number of aryl methyl sites for hydroxylation is 2. The zero-order valence-corrected chi connectivity index (χ0v) is 30.0. The van der Waals surface area contributed by atoms with Crippen molar-refractivity contribution in [1.82, 2.24) is 35.6 Å². The number of nitrogens with zero attached hydrogens (tertiary/aromatic N) is 4. The molecule has 0 radical (unpaired) electrons. The van der Waals surface area contributed by atoms with Crippen LogP contribution in [0.3, 0.4) is 0 Å². The van der Waals surface area contributed by atoms with E-state index in [1.54, 1.807) is 0 Å². The third-order valence-corrected chi connectivity index (χ3v) is 9.92. The third kappa shape index (κ3) is 9.00. The Morgan fingerprint density at radius 2 is 1.74 bits per heavy atom. The molecular weight excluding hydrogens is 652 g/mol. The summed E-state index contributed by atoms with van der Waals surface area (Å²) in [6.07, 6.45) is 4.58. The Labute approximate surface area is 299 Å². The summed E-state index contributed by atoms with van der Waals surface area (Å²) in [5, 5.41) is 19.4. The standard InChI is InChI=1S/C38H49ClN8O3/c1-3-34-31(37(44-29-12-18-50-19-13-29)32-24-43-47(4-2)38(32)45-34)23-42-36(49)11-10-35(48)41-22-26-8-9-33(39)30(21-26)28-7-5-6-27(20-28)25-46-16-14-40-15-17-46/h5-9,20-21,24,29,40H,3-4,10-19,22-23,25H2,1-2H3,(H,41,48)(H,42,49)(H,44,45). The van der Waals surface area contributed by atoms with Crippen molar-refractivity contribution in [2.75, 3.05) is 44.7 Å². The molecule has 0 bridgehead atoms. The summed E-state index contributed by atoms with van der Waals surface area (Å²) in [6.45, 7) is 12.0. The van der Waals surface area contributed by atoms with E-state index >= 15 is 0 Å². The molecule has 4 aromatic rings. The highest BCUT2D eigenvalue weighted by Gasteiger charge is 2.22.